The second-order valence-electron chi connectivity index (χ2n) is 9.30. The van der Waals surface area contributed by atoms with E-state index >= 15 is 0 Å². The van der Waals surface area contributed by atoms with Crippen molar-refractivity contribution >= 4 is 17.8 Å². The zero-order chi connectivity index (χ0) is 22.8. The molecule has 1 aromatic rings. The quantitative estimate of drug-likeness (QED) is 0.619. The number of nitrogens with zero attached hydrogens (tertiary/aromatic N) is 3. The molecule has 3 heterocycles. The van der Waals surface area contributed by atoms with E-state index in [9.17, 15) is 14.4 Å². The van der Waals surface area contributed by atoms with Crippen LogP contribution in [0.15, 0.2) is 18.2 Å². The number of carbonyl (C=O) groups is 3. The largest absolute Gasteiger partial charge is 0.454 e. The van der Waals surface area contributed by atoms with Crippen molar-refractivity contribution < 1.29 is 23.9 Å². The molecule has 33 heavy (non-hydrogen) atoms. The van der Waals surface area contributed by atoms with Crippen LogP contribution in [0.3, 0.4) is 0 Å². The van der Waals surface area contributed by atoms with Gasteiger partial charge in [0, 0.05) is 45.7 Å². The molecule has 4 amide bonds. The lowest BCUT2D eigenvalue weighted by molar-refractivity contribution is -0.140. The van der Waals surface area contributed by atoms with E-state index in [0.29, 0.717) is 19.4 Å². The molecule has 4 aliphatic rings. The fourth-order valence-electron chi connectivity index (χ4n) is 5.12. The lowest BCUT2D eigenvalue weighted by Gasteiger charge is -2.34. The highest BCUT2D eigenvalue weighted by atomic mass is 16.7. The van der Waals surface area contributed by atoms with Crippen molar-refractivity contribution in [1.29, 1.82) is 0 Å². The molecule has 178 valence electrons. The summed E-state index contributed by atoms with van der Waals surface area (Å²) in [5, 5.41) is 3.70. The van der Waals surface area contributed by atoms with Gasteiger partial charge < -0.3 is 19.7 Å². The first-order valence-corrected chi connectivity index (χ1v) is 11.8. The number of fused-ring (bicyclic) bond motifs is 1. The number of piperazine rings is 1. The van der Waals surface area contributed by atoms with Gasteiger partial charge in [-0.1, -0.05) is 25.3 Å². The van der Waals surface area contributed by atoms with Crippen LogP contribution in [0, 0.1) is 0 Å². The van der Waals surface area contributed by atoms with Crippen molar-refractivity contribution in [3.05, 3.63) is 23.8 Å². The fraction of sp³-hybridized carbons (Fsp3) is 0.609. The predicted molar refractivity (Wildman–Crippen MR) is 118 cm³/mol. The van der Waals surface area contributed by atoms with Crippen molar-refractivity contribution in [3.8, 4) is 11.5 Å². The average molecular weight is 458 g/mol. The van der Waals surface area contributed by atoms with Crippen LogP contribution in [-0.4, -0.2) is 77.7 Å². The van der Waals surface area contributed by atoms with Gasteiger partial charge in [-0.25, -0.2) is 4.79 Å². The van der Waals surface area contributed by atoms with E-state index in [0.717, 1.165) is 68.5 Å². The number of urea groups is 1. The van der Waals surface area contributed by atoms with Crippen LogP contribution in [0.4, 0.5) is 4.79 Å². The third-order valence-corrected chi connectivity index (χ3v) is 7.07. The molecule has 5 rings (SSSR count). The van der Waals surface area contributed by atoms with Gasteiger partial charge in [0.15, 0.2) is 11.5 Å². The Morgan fingerprint density at radius 3 is 2.52 bits per heavy atom. The Hall–Kier alpha value is -2.85. The lowest BCUT2D eigenvalue weighted by Crippen LogP contribution is -2.51. The second kappa shape index (κ2) is 9.18. The van der Waals surface area contributed by atoms with Gasteiger partial charge in [0.25, 0.3) is 5.91 Å². The average Bonchev–Trinajstić information content (AvgIpc) is 3.37. The van der Waals surface area contributed by atoms with E-state index < -0.39 is 11.6 Å². The first-order valence-electron chi connectivity index (χ1n) is 11.8. The zero-order valence-electron chi connectivity index (χ0n) is 18.8. The summed E-state index contributed by atoms with van der Waals surface area (Å²) in [6.07, 6.45) is 4.41. The summed E-state index contributed by atoms with van der Waals surface area (Å²) in [7, 11) is 0. The number of hydrogen-bond acceptors (Lipinski definition) is 7. The minimum atomic E-state index is -0.822. The van der Waals surface area contributed by atoms with Crippen LogP contribution in [0.2, 0.25) is 0 Å². The minimum absolute atomic E-state index is 0.242. The molecule has 0 bridgehead atoms. The maximum atomic E-state index is 12.8. The molecule has 3 aliphatic heterocycles. The molecule has 2 N–H and O–H groups in total. The molecule has 0 radical (unpaired) electrons. The summed E-state index contributed by atoms with van der Waals surface area (Å²) in [6, 6.07) is 5.53. The van der Waals surface area contributed by atoms with Crippen LogP contribution in [0.25, 0.3) is 0 Å². The van der Waals surface area contributed by atoms with Gasteiger partial charge in [-0.05, 0) is 30.5 Å². The summed E-state index contributed by atoms with van der Waals surface area (Å²) in [5.74, 6) is 0.965. The van der Waals surface area contributed by atoms with Crippen molar-refractivity contribution in [2.75, 3.05) is 39.5 Å². The smallest absolute Gasteiger partial charge is 0.344 e. The van der Waals surface area contributed by atoms with Crippen LogP contribution in [0.5, 0.6) is 11.5 Å². The second-order valence-corrected chi connectivity index (χ2v) is 9.30. The molecule has 10 heteroatoms. The van der Waals surface area contributed by atoms with Gasteiger partial charge in [0.1, 0.15) is 5.54 Å². The van der Waals surface area contributed by atoms with Crippen molar-refractivity contribution in [2.45, 2.75) is 50.6 Å². The highest BCUT2D eigenvalue weighted by Crippen LogP contribution is 2.34. The molecule has 0 aromatic heterocycles. The summed E-state index contributed by atoms with van der Waals surface area (Å²) in [5.41, 5.74) is 2.89. The highest BCUT2D eigenvalue weighted by Gasteiger charge is 2.52. The van der Waals surface area contributed by atoms with E-state index in [4.69, 9.17) is 9.47 Å². The van der Waals surface area contributed by atoms with Crippen molar-refractivity contribution in [3.63, 3.8) is 0 Å². The Kier molecular flexibility index (Phi) is 6.11. The molecule has 10 nitrogen and oxygen atoms in total. The number of hydrazine groups is 1. The predicted octanol–water partition coefficient (Wildman–Crippen LogP) is 1.21. The summed E-state index contributed by atoms with van der Waals surface area (Å²) >= 11 is 0. The number of amides is 4. The molecule has 1 saturated carbocycles. The summed E-state index contributed by atoms with van der Waals surface area (Å²) < 4.78 is 10.8. The molecular weight excluding hydrogens is 426 g/mol. The first kappa shape index (κ1) is 22.0. The monoisotopic (exact) mass is 457 g/mol. The minimum Gasteiger partial charge on any atom is -0.454 e. The molecule has 1 aromatic carbocycles. The van der Waals surface area contributed by atoms with Gasteiger partial charge in [-0.3, -0.25) is 19.9 Å². The van der Waals surface area contributed by atoms with Gasteiger partial charge in [-0.2, -0.15) is 5.01 Å². The molecule has 1 spiro atoms. The molecule has 0 unspecified atom stereocenters. The van der Waals surface area contributed by atoms with Crippen LogP contribution in [0.1, 0.15) is 44.1 Å². The number of nitrogens with one attached hydrogen (secondary N) is 2. The third kappa shape index (κ3) is 4.63. The Morgan fingerprint density at radius 1 is 1.00 bits per heavy atom. The van der Waals surface area contributed by atoms with Gasteiger partial charge in [0.2, 0.25) is 12.7 Å². The van der Waals surface area contributed by atoms with Crippen LogP contribution >= 0.6 is 0 Å². The molecule has 0 atom stereocenters. The van der Waals surface area contributed by atoms with Crippen molar-refractivity contribution in [1.82, 2.24) is 25.6 Å². The number of rotatable bonds is 6. The van der Waals surface area contributed by atoms with Crippen LogP contribution in [-0.2, 0) is 16.1 Å². The molecular formula is C23H31N5O5. The Labute approximate surface area is 193 Å². The van der Waals surface area contributed by atoms with E-state index in [1.165, 1.54) is 5.56 Å². The first-order chi connectivity index (χ1) is 16.0. The highest BCUT2D eigenvalue weighted by molar-refractivity contribution is 6.08. The summed E-state index contributed by atoms with van der Waals surface area (Å²) in [6.45, 7) is 5.27. The van der Waals surface area contributed by atoms with Gasteiger partial charge >= 0.3 is 6.03 Å². The lowest BCUT2D eigenvalue weighted by atomic mass is 9.82. The summed E-state index contributed by atoms with van der Waals surface area (Å²) in [4.78, 5) is 42.2. The number of carbonyl (C=O) groups excluding carboxylic acids is 3. The maximum absolute atomic E-state index is 12.8. The van der Waals surface area contributed by atoms with Crippen molar-refractivity contribution in [2.24, 2.45) is 0 Å². The molecule has 2 saturated heterocycles. The van der Waals surface area contributed by atoms with E-state index in [2.05, 4.69) is 26.6 Å². The Bertz CT molecular complexity index is 924. The SMILES string of the molecule is O=C(CCN1CCN(Cc2ccc3c(c2)OCO3)CC1)NN1C(=O)NC2(CCCCC2)C1=O. The fourth-order valence-corrected chi connectivity index (χ4v) is 5.12. The van der Waals surface area contributed by atoms with E-state index in [1.807, 2.05) is 12.1 Å². The van der Waals surface area contributed by atoms with Gasteiger partial charge in [-0.15, -0.1) is 0 Å². The molecule has 1 aliphatic carbocycles. The number of ether oxygens (including phenoxy) is 2. The Morgan fingerprint density at radius 2 is 1.73 bits per heavy atom. The normalized spacial score (nSPS) is 22.6. The number of hydrogen-bond donors (Lipinski definition) is 2. The van der Waals surface area contributed by atoms with Gasteiger partial charge in [0.05, 0.1) is 0 Å². The number of benzene rings is 1. The standard InChI is InChI=1S/C23H31N5O5/c29-20(25-28-21(30)23(24-22(28)31)7-2-1-3-8-23)6-9-26-10-12-27(13-11-26)15-17-4-5-18-19(14-17)33-16-32-18/h4-5,14H,1-3,6-13,15-16H2,(H,24,31)(H,25,29). The number of imide groups is 1. The topological polar surface area (TPSA) is 103 Å². The zero-order valence-corrected chi connectivity index (χ0v) is 18.8. The maximum Gasteiger partial charge on any atom is 0.344 e. The van der Waals surface area contributed by atoms with Crippen LogP contribution < -0.4 is 20.2 Å². The third-order valence-electron chi connectivity index (χ3n) is 7.07. The Balaban J connectivity index is 1.04. The van der Waals surface area contributed by atoms with E-state index in [-0.39, 0.29) is 25.0 Å². The molecule has 3 fully saturated rings. The van der Waals surface area contributed by atoms with E-state index in [1.54, 1.807) is 0 Å².